The highest BCUT2D eigenvalue weighted by Gasteiger charge is 2.39. The van der Waals surface area contributed by atoms with E-state index >= 15 is 0 Å². The first-order valence-electron chi connectivity index (χ1n) is 11.4. The number of nitrogens with one attached hydrogen (secondary N) is 1. The second-order valence-electron chi connectivity index (χ2n) is 8.95. The minimum atomic E-state index is -0.559. The molecule has 3 aromatic rings. The first-order chi connectivity index (χ1) is 15.8. The van der Waals surface area contributed by atoms with Crippen LogP contribution < -0.4 is 5.32 Å². The molecule has 4 rings (SSSR count). The first kappa shape index (κ1) is 22.9. The van der Waals surface area contributed by atoms with Gasteiger partial charge in [-0.25, -0.2) is 9.07 Å². The summed E-state index contributed by atoms with van der Waals surface area (Å²) in [5.41, 5.74) is 5.42. The van der Waals surface area contributed by atoms with Gasteiger partial charge < -0.3 is 10.4 Å². The van der Waals surface area contributed by atoms with E-state index in [0.29, 0.717) is 19.3 Å². The number of anilines is 1. The molecule has 172 valence electrons. The molecule has 5 nitrogen and oxygen atoms in total. The van der Waals surface area contributed by atoms with Gasteiger partial charge in [0.25, 0.3) is 0 Å². The average molecular weight is 448 g/mol. The lowest BCUT2D eigenvalue weighted by molar-refractivity contribution is -0.114. The predicted molar refractivity (Wildman–Crippen MR) is 129 cm³/mol. The molecule has 0 fully saturated rings. The summed E-state index contributed by atoms with van der Waals surface area (Å²) in [6, 6.07) is 14.0. The lowest BCUT2D eigenvalue weighted by atomic mass is 9.67. The van der Waals surface area contributed by atoms with E-state index < -0.39 is 11.5 Å². The third kappa shape index (κ3) is 4.62. The van der Waals surface area contributed by atoms with Gasteiger partial charge in [-0.05, 0) is 73.2 Å². The number of carbonyl (C=O) groups is 1. The Morgan fingerprint density at radius 1 is 1.24 bits per heavy atom. The number of nitrogens with zero attached hydrogens (tertiary/aromatic N) is 2. The number of hydrogen-bond acceptors (Lipinski definition) is 3. The summed E-state index contributed by atoms with van der Waals surface area (Å²) in [5.74, 6) is -0.385. The lowest BCUT2D eigenvalue weighted by Gasteiger charge is -2.39. The molecule has 1 amide bonds. The van der Waals surface area contributed by atoms with Crippen molar-refractivity contribution in [1.29, 1.82) is 0 Å². The number of aromatic nitrogens is 2. The SMILES string of the molecule is CCC1=Cc2c(cnn2-c2ccc(F)cc2)CC1(C)[C@@H](O)CCc1ccccc1NC(C)=O. The second kappa shape index (κ2) is 9.32. The fourth-order valence-corrected chi connectivity index (χ4v) is 4.81. The Bertz CT molecular complexity index is 1180. The number of para-hydroxylation sites is 1. The third-order valence-corrected chi connectivity index (χ3v) is 6.69. The van der Waals surface area contributed by atoms with Crippen LogP contribution in [0.4, 0.5) is 10.1 Å². The van der Waals surface area contributed by atoms with E-state index in [1.54, 1.807) is 12.1 Å². The van der Waals surface area contributed by atoms with Gasteiger partial charge in [-0.15, -0.1) is 0 Å². The van der Waals surface area contributed by atoms with Gasteiger partial charge in [0, 0.05) is 18.0 Å². The summed E-state index contributed by atoms with van der Waals surface area (Å²) < 4.78 is 15.2. The van der Waals surface area contributed by atoms with Crippen LogP contribution in [0.1, 0.15) is 50.4 Å². The van der Waals surface area contributed by atoms with Crippen LogP contribution in [-0.2, 0) is 17.6 Å². The molecule has 2 N–H and O–H groups in total. The molecule has 1 unspecified atom stereocenters. The van der Waals surface area contributed by atoms with Crippen LogP contribution in [0.2, 0.25) is 0 Å². The van der Waals surface area contributed by atoms with Crippen molar-refractivity contribution >= 4 is 17.7 Å². The van der Waals surface area contributed by atoms with Gasteiger partial charge in [-0.2, -0.15) is 5.10 Å². The molecule has 2 aromatic carbocycles. The molecule has 0 aliphatic heterocycles. The van der Waals surface area contributed by atoms with E-state index in [1.165, 1.54) is 24.6 Å². The average Bonchev–Trinajstić information content (AvgIpc) is 3.20. The molecule has 1 aliphatic rings. The summed E-state index contributed by atoms with van der Waals surface area (Å²) in [6.07, 6.45) is 6.14. The Kier molecular flexibility index (Phi) is 6.47. The zero-order chi connectivity index (χ0) is 23.6. The number of amides is 1. The molecule has 1 aliphatic carbocycles. The Morgan fingerprint density at radius 3 is 2.67 bits per heavy atom. The van der Waals surface area contributed by atoms with Crippen LogP contribution in [0.5, 0.6) is 0 Å². The molecular formula is C27H30FN3O2. The van der Waals surface area contributed by atoms with Crippen LogP contribution in [0, 0.1) is 11.2 Å². The van der Waals surface area contributed by atoms with Crippen molar-refractivity contribution < 1.29 is 14.3 Å². The van der Waals surface area contributed by atoms with Gasteiger partial charge in [0.05, 0.1) is 23.7 Å². The van der Waals surface area contributed by atoms with Crippen LogP contribution >= 0.6 is 0 Å². The largest absolute Gasteiger partial charge is 0.392 e. The highest BCUT2D eigenvalue weighted by atomic mass is 19.1. The number of hydrogen-bond donors (Lipinski definition) is 2. The number of aryl methyl sites for hydroxylation is 1. The van der Waals surface area contributed by atoms with Gasteiger partial charge in [-0.1, -0.05) is 37.6 Å². The molecule has 0 spiro atoms. The van der Waals surface area contributed by atoms with E-state index in [1.807, 2.05) is 35.1 Å². The highest BCUT2D eigenvalue weighted by Crippen LogP contribution is 2.44. The molecule has 33 heavy (non-hydrogen) atoms. The normalized spacial score (nSPS) is 18.4. The van der Waals surface area contributed by atoms with Crippen molar-refractivity contribution in [2.24, 2.45) is 5.41 Å². The topological polar surface area (TPSA) is 67.2 Å². The molecular weight excluding hydrogens is 417 g/mol. The van der Waals surface area contributed by atoms with Crippen LogP contribution in [-0.4, -0.2) is 26.9 Å². The molecule has 0 saturated carbocycles. The summed E-state index contributed by atoms with van der Waals surface area (Å²) in [4.78, 5) is 11.5. The first-order valence-corrected chi connectivity index (χ1v) is 11.4. The van der Waals surface area contributed by atoms with Crippen molar-refractivity contribution in [3.8, 4) is 5.69 Å². The van der Waals surface area contributed by atoms with Crippen molar-refractivity contribution in [2.75, 3.05) is 5.32 Å². The van der Waals surface area contributed by atoms with Gasteiger partial charge in [-0.3, -0.25) is 4.79 Å². The summed E-state index contributed by atoms with van der Waals surface area (Å²) in [6.45, 7) is 5.72. The standard InChI is InChI=1S/C27H30FN3O2/c1-4-21-15-25-20(17-29-31(25)23-12-10-22(28)11-13-23)16-27(21,3)26(33)14-9-19-7-5-6-8-24(19)30-18(2)32/h5-8,10-13,15,17,26,33H,4,9,14,16H2,1-3H3,(H,30,32)/t26-,27?/m0/s1. The molecule has 0 radical (unpaired) electrons. The van der Waals surface area contributed by atoms with Gasteiger partial charge in [0.2, 0.25) is 5.91 Å². The van der Waals surface area contributed by atoms with Crippen molar-refractivity contribution in [1.82, 2.24) is 9.78 Å². The number of aliphatic hydroxyl groups is 1. The summed E-state index contributed by atoms with van der Waals surface area (Å²) in [7, 11) is 0. The molecule has 0 saturated heterocycles. The number of carbonyl (C=O) groups excluding carboxylic acids is 1. The van der Waals surface area contributed by atoms with Crippen LogP contribution in [0.25, 0.3) is 11.8 Å². The van der Waals surface area contributed by atoms with Crippen molar-refractivity contribution in [3.63, 3.8) is 0 Å². The van der Waals surface area contributed by atoms with Gasteiger partial charge in [0.1, 0.15) is 5.82 Å². The maximum atomic E-state index is 13.4. The zero-order valence-electron chi connectivity index (χ0n) is 19.3. The smallest absolute Gasteiger partial charge is 0.221 e. The fourth-order valence-electron chi connectivity index (χ4n) is 4.81. The van der Waals surface area contributed by atoms with E-state index in [2.05, 4.69) is 30.3 Å². The van der Waals surface area contributed by atoms with E-state index in [4.69, 9.17) is 0 Å². The Labute approximate surface area is 194 Å². The summed E-state index contributed by atoms with van der Waals surface area (Å²) >= 11 is 0. The zero-order valence-corrected chi connectivity index (χ0v) is 19.3. The van der Waals surface area contributed by atoms with E-state index in [0.717, 1.165) is 34.6 Å². The minimum absolute atomic E-state index is 0.107. The van der Waals surface area contributed by atoms with Gasteiger partial charge >= 0.3 is 0 Å². The lowest BCUT2D eigenvalue weighted by Crippen LogP contribution is -2.38. The van der Waals surface area contributed by atoms with Crippen molar-refractivity contribution in [2.45, 2.75) is 52.6 Å². The fraction of sp³-hybridized carbons (Fsp3) is 0.333. The highest BCUT2D eigenvalue weighted by molar-refractivity contribution is 5.89. The van der Waals surface area contributed by atoms with Crippen LogP contribution in [0.15, 0.2) is 60.3 Å². The molecule has 2 atom stereocenters. The van der Waals surface area contributed by atoms with Gasteiger partial charge in [0.15, 0.2) is 0 Å². The van der Waals surface area contributed by atoms with E-state index in [-0.39, 0.29) is 11.7 Å². The minimum Gasteiger partial charge on any atom is -0.392 e. The quantitative estimate of drug-likeness (QED) is 0.515. The Balaban J connectivity index is 1.57. The Hall–Kier alpha value is -3.25. The third-order valence-electron chi connectivity index (χ3n) is 6.69. The molecule has 1 heterocycles. The number of halogens is 1. The molecule has 6 heteroatoms. The number of rotatable bonds is 7. The van der Waals surface area contributed by atoms with E-state index in [9.17, 15) is 14.3 Å². The maximum Gasteiger partial charge on any atom is 0.221 e. The number of benzene rings is 2. The van der Waals surface area contributed by atoms with Crippen molar-refractivity contribution in [3.05, 3.63) is 82.9 Å². The number of aliphatic hydroxyl groups excluding tert-OH is 1. The second-order valence-corrected chi connectivity index (χ2v) is 8.95. The molecule has 0 bridgehead atoms. The maximum absolute atomic E-state index is 13.4. The summed E-state index contributed by atoms with van der Waals surface area (Å²) in [5, 5.41) is 18.8. The monoisotopic (exact) mass is 447 g/mol. The van der Waals surface area contributed by atoms with Crippen LogP contribution in [0.3, 0.4) is 0 Å². The Morgan fingerprint density at radius 2 is 1.97 bits per heavy atom. The molecule has 1 aromatic heterocycles. The predicted octanol–water partition coefficient (Wildman–Crippen LogP) is 5.32. The number of fused-ring (bicyclic) bond motifs is 1.